The zero-order valence-corrected chi connectivity index (χ0v) is 19.3. The van der Waals surface area contributed by atoms with Gasteiger partial charge in [-0.25, -0.2) is 18.4 Å². The highest BCUT2D eigenvalue weighted by atomic mass is 32.2. The van der Waals surface area contributed by atoms with E-state index in [9.17, 15) is 23.3 Å². The molecule has 0 spiro atoms. The molecule has 0 atom stereocenters. The first-order valence-corrected chi connectivity index (χ1v) is 11.4. The number of carbonyl (C=O) groups excluding carboxylic acids is 1. The molecule has 0 radical (unpaired) electrons. The van der Waals surface area contributed by atoms with Crippen molar-refractivity contribution >= 4 is 33.0 Å². The van der Waals surface area contributed by atoms with Gasteiger partial charge in [0.25, 0.3) is 21.6 Å². The Kier molecular flexibility index (Phi) is 6.45. The van der Waals surface area contributed by atoms with Gasteiger partial charge < -0.3 is 5.32 Å². The molecule has 1 amide bonds. The minimum absolute atomic E-state index is 0.202. The fourth-order valence-electron chi connectivity index (χ4n) is 2.84. The summed E-state index contributed by atoms with van der Waals surface area (Å²) in [5.74, 6) is 0.238. The highest BCUT2D eigenvalue weighted by Gasteiger charge is 2.20. The van der Waals surface area contributed by atoms with Crippen LogP contribution in [0.25, 0.3) is 0 Å². The van der Waals surface area contributed by atoms with Gasteiger partial charge in [0.2, 0.25) is 0 Å². The summed E-state index contributed by atoms with van der Waals surface area (Å²) in [6, 6.07) is 9.43. The average molecular weight is 470 g/mol. The van der Waals surface area contributed by atoms with E-state index in [-0.39, 0.29) is 21.7 Å². The average Bonchev–Trinajstić information content (AvgIpc) is 2.73. The first kappa shape index (κ1) is 23.8. The molecule has 1 aromatic heterocycles. The summed E-state index contributed by atoms with van der Waals surface area (Å²) in [4.78, 5) is 31.2. The Balaban J connectivity index is 1.71. The molecular formula is C22H23N5O5S. The highest BCUT2D eigenvalue weighted by Crippen LogP contribution is 2.24. The van der Waals surface area contributed by atoms with Crippen LogP contribution >= 0.6 is 0 Å². The van der Waals surface area contributed by atoms with Gasteiger partial charge in [-0.2, -0.15) is 0 Å². The number of nitro benzene ring substituents is 1. The maximum Gasteiger partial charge on any atom is 0.273 e. The van der Waals surface area contributed by atoms with Crippen molar-refractivity contribution in [3.05, 3.63) is 81.9 Å². The fourth-order valence-corrected chi connectivity index (χ4v) is 3.92. The van der Waals surface area contributed by atoms with E-state index >= 15 is 0 Å². The lowest BCUT2D eigenvalue weighted by Crippen LogP contribution is -2.17. The second kappa shape index (κ2) is 8.94. The molecule has 3 rings (SSSR count). The van der Waals surface area contributed by atoms with Gasteiger partial charge in [-0.1, -0.05) is 26.8 Å². The van der Waals surface area contributed by atoms with Gasteiger partial charge in [-0.3, -0.25) is 19.6 Å². The minimum atomic E-state index is -4.06. The van der Waals surface area contributed by atoms with Crippen LogP contribution in [0.3, 0.4) is 0 Å². The number of aryl methyl sites for hydroxylation is 1. The van der Waals surface area contributed by atoms with Gasteiger partial charge in [-0.05, 0) is 37.3 Å². The second-order valence-corrected chi connectivity index (χ2v) is 10.1. The molecule has 0 aliphatic rings. The van der Waals surface area contributed by atoms with E-state index in [1.165, 1.54) is 55.7 Å². The number of rotatable bonds is 6. The van der Waals surface area contributed by atoms with Crippen molar-refractivity contribution in [2.45, 2.75) is 38.0 Å². The number of anilines is 2. The summed E-state index contributed by atoms with van der Waals surface area (Å²) in [7, 11) is -4.06. The standard InChI is InChI=1S/C22H23N5O5S/c1-14-5-10-18(11-19(14)27(29)30)33(31,32)26-16-8-6-15(7-9-16)20(28)25-17-12-23-21(24-13-17)22(2,3)4/h5-13,26H,1-4H3,(H,25,28). The van der Waals surface area contributed by atoms with E-state index < -0.39 is 20.9 Å². The van der Waals surface area contributed by atoms with E-state index in [0.29, 0.717) is 22.6 Å². The molecule has 3 aromatic rings. The topological polar surface area (TPSA) is 144 Å². The number of sulfonamides is 1. The first-order chi connectivity index (χ1) is 15.4. The maximum absolute atomic E-state index is 12.6. The van der Waals surface area contributed by atoms with E-state index in [1.807, 2.05) is 20.8 Å². The molecule has 0 aliphatic heterocycles. The Hall–Kier alpha value is -3.86. The van der Waals surface area contributed by atoms with Crippen molar-refractivity contribution in [2.24, 2.45) is 0 Å². The molecule has 2 aromatic carbocycles. The molecule has 0 saturated carbocycles. The van der Waals surface area contributed by atoms with E-state index in [2.05, 4.69) is 20.0 Å². The van der Waals surface area contributed by atoms with Crippen molar-refractivity contribution in [3.63, 3.8) is 0 Å². The zero-order valence-electron chi connectivity index (χ0n) is 18.5. The molecule has 172 valence electrons. The number of carbonyl (C=O) groups is 1. The summed E-state index contributed by atoms with van der Waals surface area (Å²) in [6.07, 6.45) is 3.05. The van der Waals surface area contributed by atoms with Gasteiger partial charge >= 0.3 is 0 Å². The third-order valence-electron chi connectivity index (χ3n) is 4.67. The van der Waals surface area contributed by atoms with E-state index in [1.54, 1.807) is 0 Å². The van der Waals surface area contributed by atoms with Crippen LogP contribution in [-0.4, -0.2) is 29.2 Å². The molecule has 33 heavy (non-hydrogen) atoms. The number of nitro groups is 1. The number of nitrogens with zero attached hydrogens (tertiary/aromatic N) is 3. The van der Waals surface area contributed by atoms with Crippen LogP contribution in [0, 0.1) is 17.0 Å². The fraction of sp³-hybridized carbons (Fsp3) is 0.227. The molecule has 0 fully saturated rings. The van der Waals surface area contributed by atoms with E-state index in [0.717, 1.165) is 6.07 Å². The van der Waals surface area contributed by atoms with Gasteiger partial charge in [0, 0.05) is 28.3 Å². The number of benzene rings is 2. The van der Waals surface area contributed by atoms with Crippen molar-refractivity contribution < 1.29 is 18.1 Å². The lowest BCUT2D eigenvalue weighted by Gasteiger charge is -2.16. The largest absolute Gasteiger partial charge is 0.319 e. The molecule has 11 heteroatoms. The number of hydrogen-bond acceptors (Lipinski definition) is 7. The summed E-state index contributed by atoms with van der Waals surface area (Å²) >= 11 is 0. The summed E-state index contributed by atoms with van der Waals surface area (Å²) in [5, 5.41) is 13.8. The quantitative estimate of drug-likeness (QED) is 0.409. The number of aromatic nitrogens is 2. The van der Waals surface area contributed by atoms with Crippen molar-refractivity contribution in [1.29, 1.82) is 0 Å². The third-order valence-corrected chi connectivity index (χ3v) is 6.05. The Morgan fingerprint density at radius 2 is 1.61 bits per heavy atom. The van der Waals surface area contributed by atoms with Gasteiger partial charge in [-0.15, -0.1) is 0 Å². The van der Waals surface area contributed by atoms with E-state index in [4.69, 9.17) is 0 Å². The van der Waals surface area contributed by atoms with Gasteiger partial charge in [0.1, 0.15) is 5.82 Å². The Bertz CT molecular complexity index is 1300. The Morgan fingerprint density at radius 1 is 1.00 bits per heavy atom. The lowest BCUT2D eigenvalue weighted by molar-refractivity contribution is -0.385. The van der Waals surface area contributed by atoms with Crippen molar-refractivity contribution in [1.82, 2.24) is 9.97 Å². The Morgan fingerprint density at radius 3 is 2.15 bits per heavy atom. The van der Waals surface area contributed by atoms with Crippen LogP contribution in [-0.2, 0) is 15.4 Å². The van der Waals surface area contributed by atoms with Gasteiger partial charge in [0.05, 0.1) is 27.9 Å². The molecule has 1 heterocycles. The monoisotopic (exact) mass is 469 g/mol. The molecule has 0 aliphatic carbocycles. The molecule has 0 unspecified atom stereocenters. The van der Waals surface area contributed by atoms with Crippen LogP contribution in [0.4, 0.5) is 17.1 Å². The number of amides is 1. The maximum atomic E-state index is 12.6. The summed E-state index contributed by atoms with van der Waals surface area (Å²) < 4.78 is 27.6. The normalized spacial score (nSPS) is 11.6. The molecule has 2 N–H and O–H groups in total. The SMILES string of the molecule is Cc1ccc(S(=O)(=O)Nc2ccc(C(=O)Nc3cnc(C(C)(C)C)nc3)cc2)cc1[N+](=O)[O-]. The molecule has 10 nitrogen and oxygen atoms in total. The van der Waals surface area contributed by atoms with Gasteiger partial charge in [0.15, 0.2) is 0 Å². The molecule has 0 bridgehead atoms. The van der Waals surface area contributed by atoms with Crippen molar-refractivity contribution in [3.8, 4) is 0 Å². The summed E-state index contributed by atoms with van der Waals surface area (Å²) in [5.41, 5.74) is 0.780. The van der Waals surface area contributed by atoms with Crippen LogP contribution in [0.1, 0.15) is 42.5 Å². The second-order valence-electron chi connectivity index (χ2n) is 8.39. The van der Waals surface area contributed by atoms with Crippen molar-refractivity contribution in [2.75, 3.05) is 10.0 Å². The first-order valence-electron chi connectivity index (χ1n) is 9.88. The molecule has 0 saturated heterocycles. The summed E-state index contributed by atoms with van der Waals surface area (Å²) in [6.45, 7) is 7.47. The highest BCUT2D eigenvalue weighted by molar-refractivity contribution is 7.92. The van der Waals surface area contributed by atoms with Crippen LogP contribution in [0.2, 0.25) is 0 Å². The van der Waals surface area contributed by atoms with Crippen LogP contribution in [0.5, 0.6) is 0 Å². The Labute approximate surface area is 191 Å². The predicted octanol–water partition coefficient (Wildman–Crippen LogP) is 4.04. The smallest absolute Gasteiger partial charge is 0.273 e. The van der Waals surface area contributed by atoms with Crippen LogP contribution in [0.15, 0.2) is 59.8 Å². The predicted molar refractivity (Wildman–Crippen MR) is 124 cm³/mol. The number of nitrogens with one attached hydrogen (secondary N) is 2. The minimum Gasteiger partial charge on any atom is -0.319 e. The lowest BCUT2D eigenvalue weighted by atomic mass is 9.96. The number of hydrogen-bond donors (Lipinski definition) is 2. The zero-order chi connectivity index (χ0) is 24.4. The van der Waals surface area contributed by atoms with Crippen LogP contribution < -0.4 is 10.0 Å². The third kappa shape index (κ3) is 5.69. The molecular weight excluding hydrogens is 446 g/mol.